The Hall–Kier alpha value is 0.452. The number of rotatable bonds is 2. The van der Waals surface area contributed by atoms with Crippen molar-refractivity contribution in [2.75, 3.05) is 26.8 Å². The maximum absolute atomic E-state index is 2.52. The predicted molar refractivity (Wildman–Crippen MR) is 42.0 cm³/mol. The molecule has 3 heteroatoms. The van der Waals surface area contributed by atoms with Crippen molar-refractivity contribution in [3.8, 4) is 0 Å². The highest BCUT2D eigenvalue weighted by Crippen LogP contribution is 2.05. The Kier molecular flexibility index (Phi) is 3.01. The Balaban J connectivity index is 2.11. The molecule has 2 nitrogen and oxygen atoms in total. The summed E-state index contributed by atoms with van der Waals surface area (Å²) in [6, 6.07) is 0. The van der Waals surface area contributed by atoms with Crippen molar-refractivity contribution in [1.82, 2.24) is 8.78 Å². The summed E-state index contributed by atoms with van der Waals surface area (Å²) in [5.41, 5.74) is 0. The van der Waals surface area contributed by atoms with Crippen LogP contribution in [0.3, 0.4) is 0 Å². The van der Waals surface area contributed by atoms with E-state index in [1.165, 1.54) is 49.1 Å². The van der Waals surface area contributed by atoms with E-state index in [1.54, 1.807) is 0 Å². The van der Waals surface area contributed by atoms with E-state index in [2.05, 4.69) is 15.8 Å². The molecule has 1 aliphatic rings. The minimum absolute atomic E-state index is 1.20. The van der Waals surface area contributed by atoms with Crippen molar-refractivity contribution in [3.63, 3.8) is 0 Å². The van der Waals surface area contributed by atoms with Gasteiger partial charge in [0.25, 0.3) is 0 Å². The number of nitrogens with zero attached hydrogens (tertiary/aromatic N) is 2. The first kappa shape index (κ1) is 7.56. The van der Waals surface area contributed by atoms with Crippen LogP contribution in [0.15, 0.2) is 0 Å². The summed E-state index contributed by atoms with van der Waals surface area (Å²) in [5, 5.41) is 0. The highest BCUT2D eigenvalue weighted by molar-refractivity contribution is 6.04. The molecule has 0 bridgehead atoms. The molecule has 0 aromatic carbocycles. The molecular formula is C6H15AlN2. The van der Waals surface area contributed by atoms with Gasteiger partial charge in [-0.2, -0.15) is 0 Å². The van der Waals surface area contributed by atoms with Crippen LogP contribution < -0.4 is 0 Å². The fourth-order valence-electron chi connectivity index (χ4n) is 1.32. The Morgan fingerprint density at radius 1 is 1.44 bits per heavy atom. The van der Waals surface area contributed by atoms with Gasteiger partial charge in [0, 0.05) is 6.67 Å². The van der Waals surface area contributed by atoms with Crippen LogP contribution in [0.5, 0.6) is 0 Å². The summed E-state index contributed by atoms with van der Waals surface area (Å²) in [6.45, 7) is 3.85. The van der Waals surface area contributed by atoms with Gasteiger partial charge in [0.1, 0.15) is 0 Å². The Labute approximate surface area is 65.5 Å². The monoisotopic (exact) mass is 142 g/mol. The van der Waals surface area contributed by atoms with Gasteiger partial charge in [-0.25, -0.2) is 0 Å². The van der Waals surface area contributed by atoms with Gasteiger partial charge in [-0.05, 0) is 33.0 Å². The van der Waals surface area contributed by atoms with Crippen LogP contribution in [0.4, 0.5) is 0 Å². The lowest BCUT2D eigenvalue weighted by molar-refractivity contribution is 0.258. The fraction of sp³-hybridized carbons (Fsp3) is 1.00. The summed E-state index contributed by atoms with van der Waals surface area (Å²) >= 11 is 1.20. The van der Waals surface area contributed by atoms with Crippen LogP contribution in [-0.4, -0.2) is 52.1 Å². The second kappa shape index (κ2) is 3.58. The van der Waals surface area contributed by atoms with Gasteiger partial charge in [0.05, 0.1) is 0 Å². The van der Waals surface area contributed by atoms with Crippen LogP contribution in [0.25, 0.3) is 0 Å². The molecule has 1 fully saturated rings. The lowest BCUT2D eigenvalue weighted by atomic mass is 10.4. The zero-order valence-electron chi connectivity index (χ0n) is 6.43. The summed E-state index contributed by atoms with van der Waals surface area (Å²) in [6.07, 6.45) is 2.82. The highest BCUT2D eigenvalue weighted by atomic mass is 27.1. The second-order valence-corrected chi connectivity index (χ2v) is 4.57. The van der Waals surface area contributed by atoms with E-state index in [4.69, 9.17) is 0 Å². The summed E-state index contributed by atoms with van der Waals surface area (Å²) in [4.78, 5) is 2.52. The van der Waals surface area contributed by atoms with Crippen molar-refractivity contribution in [3.05, 3.63) is 0 Å². The van der Waals surface area contributed by atoms with Crippen molar-refractivity contribution in [1.29, 1.82) is 0 Å². The summed E-state index contributed by atoms with van der Waals surface area (Å²) in [7, 11) is 2.19. The Morgan fingerprint density at radius 3 is 2.44 bits per heavy atom. The third-order valence-corrected chi connectivity index (χ3v) is 1.96. The van der Waals surface area contributed by atoms with E-state index >= 15 is 0 Å². The Bertz CT molecular complexity index is 79.1. The molecule has 1 heterocycles. The molecule has 0 amide bonds. The van der Waals surface area contributed by atoms with Crippen LogP contribution in [0, 0.1) is 0 Å². The molecular weight excluding hydrogens is 127 g/mol. The second-order valence-electron chi connectivity index (χ2n) is 3.05. The predicted octanol–water partition coefficient (Wildman–Crippen LogP) is -0.480. The molecule has 0 N–H and O–H groups in total. The summed E-state index contributed by atoms with van der Waals surface area (Å²) in [5.74, 6) is 0. The lowest BCUT2D eigenvalue weighted by Crippen LogP contribution is -2.31. The maximum Gasteiger partial charge on any atom is 0.323 e. The molecule has 52 valence electrons. The fourth-order valence-corrected chi connectivity index (χ4v) is 1.72. The molecule has 1 saturated heterocycles. The first-order valence-corrected chi connectivity index (χ1v) is 4.55. The van der Waals surface area contributed by atoms with Crippen molar-refractivity contribution >= 4 is 16.5 Å². The van der Waals surface area contributed by atoms with E-state index in [0.29, 0.717) is 0 Å². The van der Waals surface area contributed by atoms with Crippen molar-refractivity contribution in [2.45, 2.75) is 12.8 Å². The first-order chi connectivity index (χ1) is 4.29. The minimum atomic E-state index is 1.20. The van der Waals surface area contributed by atoms with E-state index in [0.717, 1.165) is 0 Å². The van der Waals surface area contributed by atoms with Gasteiger partial charge >= 0.3 is 16.5 Å². The average molecular weight is 142 g/mol. The molecule has 9 heavy (non-hydrogen) atoms. The average Bonchev–Trinajstić information content (AvgIpc) is 2.15. The van der Waals surface area contributed by atoms with Crippen molar-refractivity contribution in [2.24, 2.45) is 0 Å². The SMILES string of the molecule is C[N]([AlH2])CN1CCCC1. The molecule has 0 saturated carbocycles. The molecule has 1 aliphatic heterocycles. The van der Waals surface area contributed by atoms with Crippen LogP contribution in [0.1, 0.15) is 12.8 Å². The first-order valence-electron chi connectivity index (χ1n) is 3.66. The molecule has 0 aromatic rings. The number of likely N-dealkylation sites (tertiary alicyclic amines) is 1. The van der Waals surface area contributed by atoms with E-state index in [9.17, 15) is 0 Å². The number of hydrogen-bond acceptors (Lipinski definition) is 2. The normalized spacial score (nSPS) is 21.6. The molecule has 0 unspecified atom stereocenters. The third kappa shape index (κ3) is 2.68. The van der Waals surface area contributed by atoms with Gasteiger partial charge in [-0.1, -0.05) is 0 Å². The molecule has 0 radical (unpaired) electrons. The van der Waals surface area contributed by atoms with Crippen LogP contribution >= 0.6 is 0 Å². The van der Waals surface area contributed by atoms with Gasteiger partial charge in [0.2, 0.25) is 0 Å². The quantitative estimate of drug-likeness (QED) is 0.480. The van der Waals surface area contributed by atoms with E-state index in [-0.39, 0.29) is 0 Å². The summed E-state index contributed by atoms with van der Waals surface area (Å²) < 4.78 is 2.37. The third-order valence-electron chi connectivity index (χ3n) is 1.68. The highest BCUT2D eigenvalue weighted by Gasteiger charge is 2.10. The smallest absolute Gasteiger partial charge is 0.323 e. The molecule has 0 aromatic heterocycles. The minimum Gasteiger partial charge on any atom is -0.381 e. The van der Waals surface area contributed by atoms with E-state index < -0.39 is 0 Å². The van der Waals surface area contributed by atoms with Gasteiger partial charge < -0.3 is 3.88 Å². The zero-order chi connectivity index (χ0) is 6.69. The van der Waals surface area contributed by atoms with Gasteiger partial charge in [-0.3, -0.25) is 4.90 Å². The van der Waals surface area contributed by atoms with E-state index in [1.807, 2.05) is 0 Å². The standard InChI is InChI=1S/C6H13N2.Al.2H/c1-7-6-8-4-2-3-5-8;;;/h2-6H2,1H3;;;/q-1;+1;;. The Morgan fingerprint density at radius 2 is 2.00 bits per heavy atom. The van der Waals surface area contributed by atoms with Crippen molar-refractivity contribution < 1.29 is 0 Å². The number of hydrogen-bond donors (Lipinski definition) is 0. The van der Waals surface area contributed by atoms with Crippen LogP contribution in [-0.2, 0) is 0 Å². The zero-order valence-corrected chi connectivity index (χ0v) is 8.43. The van der Waals surface area contributed by atoms with Gasteiger partial charge in [-0.15, -0.1) is 0 Å². The molecule has 0 spiro atoms. The van der Waals surface area contributed by atoms with Gasteiger partial charge in [0.15, 0.2) is 0 Å². The molecule has 0 aliphatic carbocycles. The maximum atomic E-state index is 2.52. The lowest BCUT2D eigenvalue weighted by Gasteiger charge is -2.20. The largest absolute Gasteiger partial charge is 0.381 e. The molecule has 1 rings (SSSR count). The molecule has 0 atom stereocenters. The van der Waals surface area contributed by atoms with Crippen LogP contribution in [0.2, 0.25) is 0 Å². The topological polar surface area (TPSA) is 6.48 Å².